The van der Waals surface area contributed by atoms with E-state index in [0.717, 1.165) is 5.56 Å². The Kier molecular flexibility index (Phi) is 6.68. The molecule has 104 valence electrons. The van der Waals surface area contributed by atoms with Crippen LogP contribution in [-0.2, 0) is 4.79 Å². The monoisotopic (exact) mass is 264 g/mol. The van der Waals surface area contributed by atoms with Crippen molar-refractivity contribution in [1.29, 1.82) is 0 Å². The Hall–Kier alpha value is -1.81. The van der Waals surface area contributed by atoms with Gasteiger partial charge in [-0.25, -0.2) is 0 Å². The molecule has 0 unspecified atom stereocenters. The number of allylic oxidation sites excluding steroid dienone is 1. The maximum Gasteiger partial charge on any atom is 0.155 e. The van der Waals surface area contributed by atoms with E-state index >= 15 is 0 Å². The Morgan fingerprint density at radius 1 is 1.16 bits per heavy atom. The summed E-state index contributed by atoms with van der Waals surface area (Å²) in [5.41, 5.74) is 0.853. The van der Waals surface area contributed by atoms with Crippen molar-refractivity contribution in [3.63, 3.8) is 0 Å². The molecule has 0 aromatic heterocycles. The van der Waals surface area contributed by atoms with Gasteiger partial charge < -0.3 is 14.6 Å². The molecular formula is C15H20O4. The highest BCUT2D eigenvalue weighted by atomic mass is 16.5. The predicted octanol–water partition coefficient (Wildman–Crippen LogP) is 2.45. The largest absolute Gasteiger partial charge is 0.497 e. The smallest absolute Gasteiger partial charge is 0.155 e. The third kappa shape index (κ3) is 5.57. The van der Waals surface area contributed by atoms with Crippen LogP contribution < -0.4 is 9.47 Å². The molecule has 4 nitrogen and oxygen atoms in total. The number of hydrogen-bond acceptors (Lipinski definition) is 4. The predicted molar refractivity (Wildman–Crippen MR) is 74.5 cm³/mol. The van der Waals surface area contributed by atoms with Gasteiger partial charge >= 0.3 is 0 Å². The summed E-state index contributed by atoms with van der Waals surface area (Å²) in [6.45, 7) is 0.129. The lowest BCUT2D eigenvalue weighted by Crippen LogP contribution is -1.94. The van der Waals surface area contributed by atoms with Gasteiger partial charge in [-0.3, -0.25) is 4.79 Å². The lowest BCUT2D eigenvalue weighted by atomic mass is 10.1. The van der Waals surface area contributed by atoms with Gasteiger partial charge in [0.2, 0.25) is 0 Å². The molecule has 1 N–H and O–H groups in total. The Balaban J connectivity index is 2.67. The van der Waals surface area contributed by atoms with Crippen LogP contribution in [0.5, 0.6) is 11.5 Å². The van der Waals surface area contributed by atoms with Gasteiger partial charge in [0.05, 0.1) is 14.2 Å². The third-order valence-corrected chi connectivity index (χ3v) is 2.67. The normalized spacial score (nSPS) is 10.7. The zero-order chi connectivity index (χ0) is 14.1. The molecule has 0 spiro atoms. The number of carbonyl (C=O) groups excluding carboxylic acids is 1. The SMILES string of the molecule is COc1cc(/C=C/C(=O)CCCCO)cc(OC)c1. The van der Waals surface area contributed by atoms with Gasteiger partial charge in [0.1, 0.15) is 11.5 Å². The Morgan fingerprint density at radius 2 is 1.79 bits per heavy atom. The number of ether oxygens (including phenoxy) is 2. The van der Waals surface area contributed by atoms with E-state index in [-0.39, 0.29) is 12.4 Å². The van der Waals surface area contributed by atoms with E-state index in [1.807, 2.05) is 12.1 Å². The van der Waals surface area contributed by atoms with E-state index in [1.54, 1.807) is 32.4 Å². The quantitative estimate of drug-likeness (QED) is 0.579. The highest BCUT2D eigenvalue weighted by Gasteiger charge is 2.01. The van der Waals surface area contributed by atoms with Gasteiger partial charge in [0, 0.05) is 19.1 Å². The van der Waals surface area contributed by atoms with Crippen LogP contribution in [0.2, 0.25) is 0 Å². The lowest BCUT2D eigenvalue weighted by molar-refractivity contribution is -0.114. The Morgan fingerprint density at radius 3 is 2.32 bits per heavy atom. The molecule has 0 heterocycles. The van der Waals surface area contributed by atoms with Crippen molar-refractivity contribution < 1.29 is 19.4 Å². The molecule has 0 bridgehead atoms. The summed E-state index contributed by atoms with van der Waals surface area (Å²) >= 11 is 0. The summed E-state index contributed by atoms with van der Waals surface area (Å²) < 4.78 is 10.3. The molecule has 0 atom stereocenters. The number of aliphatic hydroxyl groups is 1. The standard InChI is InChI=1S/C15H20O4/c1-18-14-9-12(10-15(11-14)19-2)6-7-13(17)5-3-4-8-16/h6-7,9-11,16H,3-5,8H2,1-2H3/b7-6+. The van der Waals surface area contributed by atoms with Gasteiger partial charge in [-0.15, -0.1) is 0 Å². The number of aliphatic hydroxyl groups excluding tert-OH is 1. The first-order valence-corrected chi connectivity index (χ1v) is 6.24. The minimum Gasteiger partial charge on any atom is -0.497 e. The summed E-state index contributed by atoms with van der Waals surface area (Å²) in [7, 11) is 3.17. The summed E-state index contributed by atoms with van der Waals surface area (Å²) in [6.07, 6.45) is 5.11. The number of unbranched alkanes of at least 4 members (excludes halogenated alkanes) is 1. The van der Waals surface area contributed by atoms with Crippen molar-refractivity contribution in [2.75, 3.05) is 20.8 Å². The molecular weight excluding hydrogens is 244 g/mol. The van der Waals surface area contributed by atoms with Crippen LogP contribution in [0.1, 0.15) is 24.8 Å². The number of carbonyl (C=O) groups is 1. The van der Waals surface area contributed by atoms with Crippen molar-refractivity contribution in [3.05, 3.63) is 29.8 Å². The van der Waals surface area contributed by atoms with Crippen molar-refractivity contribution in [3.8, 4) is 11.5 Å². The Labute approximate surface area is 113 Å². The first kappa shape index (κ1) is 15.2. The molecule has 19 heavy (non-hydrogen) atoms. The van der Waals surface area contributed by atoms with Crippen LogP contribution in [0.4, 0.5) is 0 Å². The lowest BCUT2D eigenvalue weighted by Gasteiger charge is -2.05. The molecule has 0 amide bonds. The van der Waals surface area contributed by atoms with Gasteiger partial charge in [0.25, 0.3) is 0 Å². The molecule has 0 aliphatic rings. The van der Waals surface area contributed by atoms with E-state index < -0.39 is 0 Å². The van der Waals surface area contributed by atoms with Crippen molar-refractivity contribution in [2.24, 2.45) is 0 Å². The van der Waals surface area contributed by atoms with Crippen LogP contribution in [0.25, 0.3) is 6.08 Å². The van der Waals surface area contributed by atoms with Gasteiger partial charge in [-0.2, -0.15) is 0 Å². The summed E-state index contributed by atoms with van der Waals surface area (Å²) in [6, 6.07) is 5.44. The highest BCUT2D eigenvalue weighted by molar-refractivity contribution is 5.93. The summed E-state index contributed by atoms with van der Waals surface area (Å²) in [5.74, 6) is 1.42. The number of methoxy groups -OCH3 is 2. The van der Waals surface area contributed by atoms with Crippen LogP contribution in [-0.4, -0.2) is 31.7 Å². The maximum atomic E-state index is 11.6. The molecule has 1 rings (SSSR count). The molecule has 4 heteroatoms. The van der Waals surface area contributed by atoms with Crippen LogP contribution in [0, 0.1) is 0 Å². The number of rotatable bonds is 8. The zero-order valence-electron chi connectivity index (χ0n) is 11.4. The third-order valence-electron chi connectivity index (χ3n) is 2.67. The van der Waals surface area contributed by atoms with Crippen LogP contribution in [0.15, 0.2) is 24.3 Å². The van der Waals surface area contributed by atoms with Gasteiger partial charge in [-0.05, 0) is 36.6 Å². The average Bonchev–Trinajstić information content (AvgIpc) is 2.45. The van der Waals surface area contributed by atoms with E-state index in [9.17, 15) is 4.79 Å². The molecule has 0 saturated carbocycles. The molecule has 0 aliphatic carbocycles. The number of ketones is 1. The second-order valence-electron chi connectivity index (χ2n) is 4.13. The highest BCUT2D eigenvalue weighted by Crippen LogP contribution is 2.23. The fourth-order valence-corrected chi connectivity index (χ4v) is 1.61. The maximum absolute atomic E-state index is 11.6. The van der Waals surface area contributed by atoms with E-state index in [0.29, 0.717) is 30.8 Å². The van der Waals surface area contributed by atoms with E-state index in [4.69, 9.17) is 14.6 Å². The molecule has 0 saturated heterocycles. The van der Waals surface area contributed by atoms with Gasteiger partial charge in [-0.1, -0.05) is 6.08 Å². The van der Waals surface area contributed by atoms with Crippen LogP contribution in [0.3, 0.4) is 0 Å². The van der Waals surface area contributed by atoms with Crippen LogP contribution >= 0.6 is 0 Å². The van der Waals surface area contributed by atoms with Crippen molar-refractivity contribution in [2.45, 2.75) is 19.3 Å². The second-order valence-corrected chi connectivity index (χ2v) is 4.13. The molecule has 0 aliphatic heterocycles. The number of benzene rings is 1. The Bertz CT molecular complexity index is 416. The number of hydrogen-bond donors (Lipinski definition) is 1. The first-order valence-electron chi connectivity index (χ1n) is 6.24. The minimum absolute atomic E-state index is 0.0511. The van der Waals surface area contributed by atoms with E-state index in [2.05, 4.69) is 0 Å². The molecule has 1 aromatic rings. The zero-order valence-corrected chi connectivity index (χ0v) is 11.4. The molecule has 0 fully saturated rings. The van der Waals surface area contributed by atoms with Gasteiger partial charge in [0.15, 0.2) is 5.78 Å². The average molecular weight is 264 g/mol. The topological polar surface area (TPSA) is 55.8 Å². The van der Waals surface area contributed by atoms with E-state index in [1.165, 1.54) is 0 Å². The fraction of sp³-hybridized carbons (Fsp3) is 0.400. The summed E-state index contributed by atoms with van der Waals surface area (Å²) in [4.78, 5) is 11.6. The second kappa shape index (κ2) is 8.32. The summed E-state index contributed by atoms with van der Waals surface area (Å²) in [5, 5.41) is 8.65. The first-order chi connectivity index (χ1) is 9.19. The minimum atomic E-state index is 0.0511. The molecule has 0 radical (unpaired) electrons. The van der Waals surface area contributed by atoms with Crippen molar-refractivity contribution in [1.82, 2.24) is 0 Å². The van der Waals surface area contributed by atoms with Crippen molar-refractivity contribution >= 4 is 11.9 Å². The molecule has 1 aromatic carbocycles. The fourth-order valence-electron chi connectivity index (χ4n) is 1.61.